The van der Waals surface area contributed by atoms with E-state index in [2.05, 4.69) is 4.98 Å². The number of nitrogens with zero attached hydrogens (tertiary/aromatic N) is 2. The normalized spacial score (nSPS) is 20.4. The molecule has 0 spiro atoms. The molecule has 1 aromatic rings. The molecular weight excluding hydrogens is 468 g/mol. The molecule has 3 rings (SSSR count). The number of ether oxygens (including phenoxy) is 1. The molecule has 2 fully saturated rings. The second-order valence-corrected chi connectivity index (χ2v) is 10.6. The predicted molar refractivity (Wildman–Crippen MR) is 116 cm³/mol. The lowest BCUT2D eigenvalue weighted by molar-refractivity contribution is -0.134. The highest BCUT2D eigenvalue weighted by atomic mass is 35.5. The number of halogens is 3. The fourth-order valence-corrected chi connectivity index (χ4v) is 6.38. The fourth-order valence-electron chi connectivity index (χ4n) is 4.23. The Kier molecular flexibility index (Phi) is 8.97. The van der Waals surface area contributed by atoms with Gasteiger partial charge in [0.1, 0.15) is 0 Å². The maximum atomic E-state index is 13.3. The van der Waals surface area contributed by atoms with Crippen LogP contribution in [0.5, 0.6) is 0 Å². The van der Waals surface area contributed by atoms with E-state index >= 15 is 0 Å². The largest absolute Gasteiger partial charge is 0.381 e. The second-order valence-electron chi connectivity index (χ2n) is 8.39. The Morgan fingerprint density at radius 1 is 1.31 bits per heavy atom. The van der Waals surface area contributed by atoms with Gasteiger partial charge >= 0.3 is 0 Å². The summed E-state index contributed by atoms with van der Waals surface area (Å²) in [7, 11) is -4.00. The highest BCUT2D eigenvalue weighted by Crippen LogP contribution is 2.36. The van der Waals surface area contributed by atoms with Crippen molar-refractivity contribution < 1.29 is 31.9 Å². The van der Waals surface area contributed by atoms with Crippen LogP contribution in [-0.4, -0.2) is 65.8 Å². The zero-order valence-corrected chi connectivity index (χ0v) is 19.6. The third-order valence-electron chi connectivity index (χ3n) is 6.22. The average Bonchev–Trinajstić information content (AvgIpc) is 2.77. The number of piperidine rings is 1. The number of aryl methyl sites for hydroxylation is 1. The van der Waals surface area contributed by atoms with Crippen LogP contribution in [0.2, 0.25) is 0 Å². The number of aromatic nitrogens is 1. The molecule has 8 nitrogen and oxygen atoms in total. The summed E-state index contributed by atoms with van der Waals surface area (Å²) in [5.41, 5.74) is 3.06. The van der Waals surface area contributed by atoms with Crippen LogP contribution < -0.4 is 5.48 Å². The van der Waals surface area contributed by atoms with Gasteiger partial charge in [0, 0.05) is 63.4 Å². The van der Waals surface area contributed by atoms with E-state index in [1.54, 1.807) is 12.3 Å². The van der Waals surface area contributed by atoms with E-state index < -0.39 is 26.6 Å². The van der Waals surface area contributed by atoms with E-state index in [1.165, 1.54) is 9.79 Å². The molecule has 0 saturated carbocycles. The molecular formula is C20H30ClF2N3O5S. The Labute approximate surface area is 193 Å². The number of hydrogen-bond acceptors (Lipinski definition) is 6. The van der Waals surface area contributed by atoms with Crippen LogP contribution in [0.1, 0.15) is 56.2 Å². The number of amides is 1. The number of nitrogens with one attached hydrogen (secondary N) is 1. The number of hydrogen-bond donors (Lipinski definition) is 2. The first-order valence-corrected chi connectivity index (χ1v) is 11.9. The zero-order chi connectivity index (χ0) is 22.7. The molecule has 182 valence electrons. The number of carbonyl (C=O) groups excluding carboxylic acids is 1. The van der Waals surface area contributed by atoms with Crippen LogP contribution in [0.25, 0.3) is 0 Å². The number of hydroxylamine groups is 1. The minimum atomic E-state index is -4.00. The monoisotopic (exact) mass is 497 g/mol. The summed E-state index contributed by atoms with van der Waals surface area (Å²) < 4.78 is 57.5. The van der Waals surface area contributed by atoms with Crippen molar-refractivity contribution in [2.24, 2.45) is 0 Å². The summed E-state index contributed by atoms with van der Waals surface area (Å²) in [4.78, 5) is 16.7. The van der Waals surface area contributed by atoms with Gasteiger partial charge in [0.05, 0.1) is 0 Å². The fraction of sp³-hybridized carbons (Fsp3) is 0.700. The molecule has 0 atom stereocenters. The first kappa shape index (κ1) is 26.8. The Hall–Kier alpha value is -1.40. The van der Waals surface area contributed by atoms with Crippen LogP contribution in [0, 0.1) is 0 Å². The van der Waals surface area contributed by atoms with E-state index in [1.807, 2.05) is 6.07 Å². The molecule has 2 aliphatic rings. The number of pyridine rings is 1. The Morgan fingerprint density at radius 3 is 2.44 bits per heavy atom. The summed E-state index contributed by atoms with van der Waals surface area (Å²) >= 11 is 0. The van der Waals surface area contributed by atoms with E-state index in [0.29, 0.717) is 12.8 Å². The average molecular weight is 498 g/mol. The van der Waals surface area contributed by atoms with Crippen molar-refractivity contribution in [2.75, 3.05) is 26.3 Å². The molecule has 1 amide bonds. The van der Waals surface area contributed by atoms with E-state index in [0.717, 1.165) is 18.2 Å². The molecule has 32 heavy (non-hydrogen) atoms. The third kappa shape index (κ3) is 5.74. The SMILES string of the molecule is CC(F)(F)CCc1ccc(C2CCN(S(=O)(=O)C3(C(=O)NO)CCOCC3)CC2)nc1.Cl. The van der Waals surface area contributed by atoms with Crippen molar-refractivity contribution in [1.82, 2.24) is 14.8 Å². The van der Waals surface area contributed by atoms with Crippen LogP contribution in [-0.2, 0) is 26.0 Å². The smallest absolute Gasteiger partial charge is 0.266 e. The van der Waals surface area contributed by atoms with Gasteiger partial charge < -0.3 is 4.74 Å². The molecule has 2 aliphatic heterocycles. The zero-order valence-electron chi connectivity index (χ0n) is 17.9. The molecule has 0 unspecified atom stereocenters. The van der Waals surface area contributed by atoms with Crippen LogP contribution >= 0.6 is 12.4 Å². The summed E-state index contributed by atoms with van der Waals surface area (Å²) in [6.07, 6.45) is 2.65. The van der Waals surface area contributed by atoms with Gasteiger partial charge in [-0.3, -0.25) is 15.0 Å². The second kappa shape index (κ2) is 10.7. The van der Waals surface area contributed by atoms with Crippen LogP contribution in [0.3, 0.4) is 0 Å². The lowest BCUT2D eigenvalue weighted by atomic mass is 9.93. The standard InChI is InChI=1S/C20H29F2N3O5S.ClH/c1-19(21,22)7-4-15-2-3-17(23-14-15)16-5-10-25(11-6-16)31(28,29)20(18(26)24-27)8-12-30-13-9-20;/h2-3,14,16,27H,4-13H2,1H3,(H,24,26);1H. The molecule has 0 radical (unpaired) electrons. The van der Waals surface area contributed by atoms with Crippen LogP contribution in [0.4, 0.5) is 8.78 Å². The van der Waals surface area contributed by atoms with Gasteiger partial charge in [0.2, 0.25) is 15.9 Å². The van der Waals surface area contributed by atoms with Crippen molar-refractivity contribution in [3.05, 3.63) is 29.6 Å². The number of rotatable bonds is 7. The van der Waals surface area contributed by atoms with E-state index in [4.69, 9.17) is 9.94 Å². The summed E-state index contributed by atoms with van der Waals surface area (Å²) in [5, 5.41) is 9.14. The minimum absolute atomic E-state index is 0. The first-order valence-electron chi connectivity index (χ1n) is 10.4. The van der Waals surface area contributed by atoms with Gasteiger partial charge in [-0.15, -0.1) is 12.4 Å². The van der Waals surface area contributed by atoms with Crippen molar-refractivity contribution in [1.29, 1.82) is 0 Å². The van der Waals surface area contributed by atoms with Gasteiger partial charge in [-0.25, -0.2) is 27.0 Å². The van der Waals surface area contributed by atoms with Crippen molar-refractivity contribution in [2.45, 2.75) is 62.0 Å². The maximum absolute atomic E-state index is 13.3. The quantitative estimate of drug-likeness (QED) is 0.443. The third-order valence-corrected chi connectivity index (χ3v) is 8.85. The van der Waals surface area contributed by atoms with Crippen molar-refractivity contribution in [3.8, 4) is 0 Å². The first-order chi connectivity index (χ1) is 14.6. The van der Waals surface area contributed by atoms with E-state index in [-0.39, 0.29) is 70.3 Å². The molecule has 2 N–H and O–H groups in total. The molecule has 0 aromatic carbocycles. The number of carbonyl (C=O) groups is 1. The highest BCUT2D eigenvalue weighted by Gasteiger charge is 2.54. The number of sulfonamides is 1. The Morgan fingerprint density at radius 2 is 1.94 bits per heavy atom. The van der Waals surface area contributed by atoms with Gasteiger partial charge in [-0.05, 0) is 37.8 Å². The lowest BCUT2D eigenvalue weighted by Crippen LogP contribution is -2.60. The summed E-state index contributed by atoms with van der Waals surface area (Å²) in [6.45, 7) is 1.62. The molecule has 12 heteroatoms. The molecule has 1 aromatic heterocycles. The van der Waals surface area contributed by atoms with Crippen molar-refractivity contribution >= 4 is 28.3 Å². The summed E-state index contributed by atoms with van der Waals surface area (Å²) in [6, 6.07) is 3.61. The molecule has 2 saturated heterocycles. The highest BCUT2D eigenvalue weighted by molar-refractivity contribution is 7.91. The van der Waals surface area contributed by atoms with Crippen LogP contribution in [0.15, 0.2) is 18.3 Å². The Balaban J connectivity index is 0.00000363. The van der Waals surface area contributed by atoms with Gasteiger partial charge in [-0.1, -0.05) is 6.07 Å². The van der Waals surface area contributed by atoms with Gasteiger partial charge in [0.25, 0.3) is 5.91 Å². The molecule has 0 aliphatic carbocycles. The lowest BCUT2D eigenvalue weighted by Gasteiger charge is -2.40. The topological polar surface area (TPSA) is 109 Å². The summed E-state index contributed by atoms with van der Waals surface area (Å²) in [5.74, 6) is -3.59. The maximum Gasteiger partial charge on any atom is 0.266 e. The molecule has 3 heterocycles. The van der Waals surface area contributed by atoms with E-state index in [9.17, 15) is 22.0 Å². The van der Waals surface area contributed by atoms with Gasteiger partial charge in [0.15, 0.2) is 4.75 Å². The number of alkyl halides is 2. The Bertz CT molecular complexity index is 866. The molecule has 0 bridgehead atoms. The minimum Gasteiger partial charge on any atom is -0.381 e. The predicted octanol–water partition coefficient (Wildman–Crippen LogP) is 2.66. The van der Waals surface area contributed by atoms with Crippen molar-refractivity contribution in [3.63, 3.8) is 0 Å². The van der Waals surface area contributed by atoms with Gasteiger partial charge in [-0.2, -0.15) is 0 Å².